The molecule has 0 aliphatic rings. The van der Waals surface area contributed by atoms with E-state index in [1.54, 1.807) is 6.07 Å². The molecule has 1 aromatic carbocycles. The van der Waals surface area contributed by atoms with Gasteiger partial charge in [-0.1, -0.05) is 44.2 Å². The maximum Gasteiger partial charge on any atom is 0.271 e. The predicted molar refractivity (Wildman–Crippen MR) is 78.6 cm³/mol. The highest BCUT2D eigenvalue weighted by atomic mass is 16.1. The first-order chi connectivity index (χ1) is 9.66. The molecule has 0 radical (unpaired) electrons. The average Bonchev–Trinajstić information content (AvgIpc) is 2.48. The van der Waals surface area contributed by atoms with Crippen molar-refractivity contribution >= 4 is 5.91 Å². The Morgan fingerprint density at radius 2 is 1.85 bits per heavy atom. The average molecular weight is 269 g/mol. The normalized spacial score (nSPS) is 10.6. The second-order valence-electron chi connectivity index (χ2n) is 4.99. The first kappa shape index (κ1) is 14.2. The number of hydrogen-bond donors (Lipinski definition) is 1. The number of benzene rings is 1. The van der Waals surface area contributed by atoms with Crippen LogP contribution in [0, 0.1) is 0 Å². The number of rotatable bonds is 5. The zero-order chi connectivity index (χ0) is 14.4. The fourth-order valence-corrected chi connectivity index (χ4v) is 1.83. The molecule has 2 aromatic rings. The van der Waals surface area contributed by atoms with Gasteiger partial charge in [-0.2, -0.15) is 5.10 Å². The lowest BCUT2D eigenvalue weighted by atomic mass is 10.1. The summed E-state index contributed by atoms with van der Waals surface area (Å²) < 4.78 is 0. The van der Waals surface area contributed by atoms with Crippen LogP contribution in [-0.4, -0.2) is 22.6 Å². The van der Waals surface area contributed by atoms with Crippen LogP contribution in [0.25, 0.3) is 0 Å². The van der Waals surface area contributed by atoms with Gasteiger partial charge >= 0.3 is 0 Å². The zero-order valence-corrected chi connectivity index (χ0v) is 11.8. The zero-order valence-electron chi connectivity index (χ0n) is 11.8. The molecule has 1 N–H and O–H groups in total. The molecule has 0 saturated carbocycles. The van der Waals surface area contributed by atoms with Crippen molar-refractivity contribution in [2.45, 2.75) is 26.2 Å². The van der Waals surface area contributed by atoms with E-state index in [4.69, 9.17) is 0 Å². The molecule has 20 heavy (non-hydrogen) atoms. The van der Waals surface area contributed by atoms with E-state index in [1.165, 1.54) is 5.56 Å². The Hall–Kier alpha value is -2.23. The highest BCUT2D eigenvalue weighted by molar-refractivity contribution is 5.92. The van der Waals surface area contributed by atoms with E-state index in [1.807, 2.05) is 50.2 Å². The lowest BCUT2D eigenvalue weighted by Gasteiger charge is -2.06. The third-order valence-electron chi connectivity index (χ3n) is 3.05. The van der Waals surface area contributed by atoms with E-state index in [-0.39, 0.29) is 5.91 Å². The summed E-state index contributed by atoms with van der Waals surface area (Å²) >= 11 is 0. The Bertz CT molecular complexity index is 550. The Balaban J connectivity index is 1.85. The van der Waals surface area contributed by atoms with Crippen LogP contribution in [0.5, 0.6) is 0 Å². The fourth-order valence-electron chi connectivity index (χ4n) is 1.83. The second kappa shape index (κ2) is 6.80. The number of carbonyl (C=O) groups excluding carboxylic acids is 1. The van der Waals surface area contributed by atoms with Crippen molar-refractivity contribution < 1.29 is 4.79 Å². The first-order valence-electron chi connectivity index (χ1n) is 6.82. The van der Waals surface area contributed by atoms with Crippen LogP contribution in [-0.2, 0) is 6.42 Å². The van der Waals surface area contributed by atoms with Crippen molar-refractivity contribution in [2.75, 3.05) is 6.54 Å². The van der Waals surface area contributed by atoms with Crippen molar-refractivity contribution in [2.24, 2.45) is 0 Å². The van der Waals surface area contributed by atoms with E-state index in [0.29, 0.717) is 18.2 Å². The highest BCUT2D eigenvalue weighted by Gasteiger charge is 2.08. The van der Waals surface area contributed by atoms with E-state index in [2.05, 4.69) is 15.5 Å². The van der Waals surface area contributed by atoms with Gasteiger partial charge in [-0.05, 0) is 30.0 Å². The SMILES string of the molecule is CC(C)c1ccc(C(=O)NCCc2ccccc2)nn1. The van der Waals surface area contributed by atoms with Gasteiger partial charge in [0, 0.05) is 6.54 Å². The minimum atomic E-state index is -0.177. The summed E-state index contributed by atoms with van der Waals surface area (Å²) in [5.41, 5.74) is 2.46. The van der Waals surface area contributed by atoms with E-state index >= 15 is 0 Å². The van der Waals surface area contributed by atoms with Gasteiger partial charge in [-0.3, -0.25) is 4.79 Å². The summed E-state index contributed by atoms with van der Waals surface area (Å²) in [6.07, 6.45) is 0.810. The molecule has 0 unspecified atom stereocenters. The smallest absolute Gasteiger partial charge is 0.271 e. The lowest BCUT2D eigenvalue weighted by Crippen LogP contribution is -2.26. The van der Waals surface area contributed by atoms with E-state index in [0.717, 1.165) is 12.1 Å². The maximum atomic E-state index is 11.9. The van der Waals surface area contributed by atoms with Gasteiger partial charge in [0.05, 0.1) is 5.69 Å². The summed E-state index contributed by atoms with van der Waals surface area (Å²) in [4.78, 5) is 11.9. The molecule has 4 heteroatoms. The van der Waals surface area contributed by atoms with Crippen LogP contribution in [0.1, 0.15) is 41.5 Å². The summed E-state index contributed by atoms with van der Waals surface area (Å²) in [5.74, 6) is 0.140. The topological polar surface area (TPSA) is 54.9 Å². The van der Waals surface area contributed by atoms with Gasteiger partial charge in [-0.25, -0.2) is 0 Å². The van der Waals surface area contributed by atoms with Gasteiger partial charge < -0.3 is 5.32 Å². The molecule has 1 heterocycles. The predicted octanol–water partition coefficient (Wildman–Crippen LogP) is 2.57. The molecule has 0 atom stereocenters. The van der Waals surface area contributed by atoms with Gasteiger partial charge in [0.15, 0.2) is 5.69 Å². The van der Waals surface area contributed by atoms with Crippen LogP contribution in [0.4, 0.5) is 0 Å². The number of nitrogens with zero attached hydrogens (tertiary/aromatic N) is 2. The molecule has 0 saturated heterocycles. The molecular formula is C16H19N3O. The third kappa shape index (κ3) is 3.88. The van der Waals surface area contributed by atoms with Gasteiger partial charge in [0.2, 0.25) is 0 Å². The van der Waals surface area contributed by atoms with Crippen LogP contribution in [0.3, 0.4) is 0 Å². The highest BCUT2D eigenvalue weighted by Crippen LogP contribution is 2.09. The monoisotopic (exact) mass is 269 g/mol. The molecule has 4 nitrogen and oxygen atoms in total. The molecule has 1 amide bonds. The molecule has 0 aliphatic heterocycles. The number of amides is 1. The standard InChI is InChI=1S/C16H19N3O/c1-12(2)14-8-9-15(19-18-14)16(20)17-11-10-13-6-4-3-5-7-13/h3-9,12H,10-11H2,1-2H3,(H,17,20). The number of hydrogen-bond acceptors (Lipinski definition) is 3. The summed E-state index contributed by atoms with van der Waals surface area (Å²) in [5, 5.41) is 10.9. The minimum Gasteiger partial charge on any atom is -0.350 e. The molecule has 0 aliphatic carbocycles. The minimum absolute atomic E-state index is 0.177. The molecular weight excluding hydrogens is 250 g/mol. The Morgan fingerprint density at radius 1 is 1.10 bits per heavy atom. The van der Waals surface area contributed by atoms with E-state index in [9.17, 15) is 4.79 Å². The van der Waals surface area contributed by atoms with Crippen LogP contribution in [0.15, 0.2) is 42.5 Å². The van der Waals surface area contributed by atoms with Crippen molar-refractivity contribution in [3.05, 3.63) is 59.4 Å². The number of aromatic nitrogens is 2. The molecule has 0 spiro atoms. The third-order valence-corrected chi connectivity index (χ3v) is 3.05. The molecule has 0 bridgehead atoms. The van der Waals surface area contributed by atoms with E-state index < -0.39 is 0 Å². The Labute approximate surface area is 119 Å². The summed E-state index contributed by atoms with van der Waals surface area (Å²) in [6, 6.07) is 13.6. The lowest BCUT2D eigenvalue weighted by molar-refractivity contribution is 0.0948. The van der Waals surface area contributed by atoms with Crippen LogP contribution < -0.4 is 5.32 Å². The van der Waals surface area contributed by atoms with Crippen molar-refractivity contribution in [1.82, 2.24) is 15.5 Å². The van der Waals surface area contributed by atoms with Crippen LogP contribution in [0.2, 0.25) is 0 Å². The summed E-state index contributed by atoms with van der Waals surface area (Å²) in [6.45, 7) is 4.68. The Morgan fingerprint density at radius 3 is 2.45 bits per heavy atom. The molecule has 0 fully saturated rings. The Kier molecular flexibility index (Phi) is 4.82. The van der Waals surface area contributed by atoms with Gasteiger partial charge in [0.25, 0.3) is 5.91 Å². The van der Waals surface area contributed by atoms with Crippen molar-refractivity contribution in [3.8, 4) is 0 Å². The maximum absolute atomic E-state index is 11.9. The fraction of sp³-hybridized carbons (Fsp3) is 0.312. The van der Waals surface area contributed by atoms with Gasteiger partial charge in [0.1, 0.15) is 0 Å². The first-order valence-corrected chi connectivity index (χ1v) is 6.82. The summed E-state index contributed by atoms with van der Waals surface area (Å²) in [7, 11) is 0. The molecule has 2 rings (SSSR count). The van der Waals surface area contributed by atoms with Gasteiger partial charge in [-0.15, -0.1) is 5.10 Å². The van der Waals surface area contributed by atoms with Crippen molar-refractivity contribution in [1.29, 1.82) is 0 Å². The molecule has 1 aromatic heterocycles. The largest absolute Gasteiger partial charge is 0.350 e. The molecule has 104 valence electrons. The number of carbonyl (C=O) groups is 1. The quantitative estimate of drug-likeness (QED) is 0.907. The van der Waals surface area contributed by atoms with Crippen molar-refractivity contribution in [3.63, 3.8) is 0 Å². The second-order valence-corrected chi connectivity index (χ2v) is 4.99. The van der Waals surface area contributed by atoms with Crippen LogP contribution >= 0.6 is 0 Å². The number of nitrogens with one attached hydrogen (secondary N) is 1.